The van der Waals surface area contributed by atoms with Gasteiger partial charge < -0.3 is 4.74 Å². The summed E-state index contributed by atoms with van der Waals surface area (Å²) in [7, 11) is 0. The molecular weight excluding hydrogens is 585 g/mol. The number of ether oxygens (including phenoxy) is 1. The van der Waals surface area contributed by atoms with Crippen LogP contribution < -0.4 is 4.74 Å². The van der Waals surface area contributed by atoms with E-state index < -0.39 is 0 Å². The van der Waals surface area contributed by atoms with Gasteiger partial charge in [0.1, 0.15) is 11.5 Å². The Bertz CT molecular complexity index is 2450. The smallest absolute Gasteiger partial charge is 0.132 e. The highest BCUT2D eigenvalue weighted by Gasteiger charge is 2.56. The molecular formula is C45H30N2O. The van der Waals surface area contributed by atoms with Gasteiger partial charge in [0.2, 0.25) is 0 Å². The van der Waals surface area contributed by atoms with E-state index in [1.807, 2.05) is 0 Å². The molecule has 3 unspecified atom stereocenters. The maximum Gasteiger partial charge on any atom is 0.132 e. The predicted molar refractivity (Wildman–Crippen MR) is 193 cm³/mol. The monoisotopic (exact) mass is 614 g/mol. The summed E-state index contributed by atoms with van der Waals surface area (Å²) >= 11 is 0. The van der Waals surface area contributed by atoms with Crippen molar-refractivity contribution in [1.82, 2.24) is 10.2 Å². The molecule has 0 fully saturated rings. The summed E-state index contributed by atoms with van der Waals surface area (Å²) < 4.78 is 6.76. The molecule has 6 aromatic carbocycles. The van der Waals surface area contributed by atoms with Crippen LogP contribution in [0.4, 0.5) is 0 Å². The fourth-order valence-electron chi connectivity index (χ4n) is 8.49. The first-order valence-electron chi connectivity index (χ1n) is 16.6. The zero-order chi connectivity index (χ0) is 31.7. The Morgan fingerprint density at radius 2 is 1.21 bits per heavy atom. The molecule has 10 rings (SSSR count). The van der Waals surface area contributed by atoms with Crippen LogP contribution in [0.15, 0.2) is 170 Å². The second kappa shape index (κ2) is 10.5. The van der Waals surface area contributed by atoms with Crippen LogP contribution in [0.2, 0.25) is 0 Å². The van der Waals surface area contributed by atoms with Crippen molar-refractivity contribution >= 4 is 10.8 Å². The van der Waals surface area contributed by atoms with E-state index in [4.69, 9.17) is 4.74 Å². The highest BCUT2D eigenvalue weighted by molar-refractivity contribution is 5.95. The van der Waals surface area contributed by atoms with Crippen LogP contribution in [0.5, 0.6) is 11.5 Å². The number of allylic oxidation sites excluding steroid dienone is 4. The van der Waals surface area contributed by atoms with Crippen molar-refractivity contribution in [2.45, 2.75) is 11.3 Å². The van der Waals surface area contributed by atoms with Crippen LogP contribution in [0.1, 0.15) is 28.2 Å². The van der Waals surface area contributed by atoms with Crippen molar-refractivity contribution in [3.63, 3.8) is 0 Å². The molecule has 0 radical (unpaired) electrons. The lowest BCUT2D eigenvalue weighted by Crippen LogP contribution is -2.37. The molecule has 2 aliphatic carbocycles. The summed E-state index contributed by atoms with van der Waals surface area (Å²) in [4.78, 5) is 0. The minimum absolute atomic E-state index is 0.258. The van der Waals surface area contributed by atoms with Crippen LogP contribution in [-0.4, -0.2) is 10.2 Å². The number of nitrogens with zero attached hydrogens (tertiary/aromatic N) is 2. The van der Waals surface area contributed by atoms with E-state index in [2.05, 4.69) is 180 Å². The standard InChI is InChI=1S/C45H30N2O/c1-2-15-33-29(11-1)12-10-18-36(33)42-26-25-41(46-47-42)32-14-9-13-30(27-32)31-23-24-40-44(28-31)48-43-22-8-7-21-39(43)45(40)37-19-5-3-16-34(37)35-17-4-6-20-38(35)45/h1-28,34,37H. The minimum atomic E-state index is -0.339. The molecule has 1 aromatic heterocycles. The van der Waals surface area contributed by atoms with Gasteiger partial charge in [-0.3, -0.25) is 0 Å². The van der Waals surface area contributed by atoms with E-state index in [1.54, 1.807) is 0 Å². The van der Waals surface area contributed by atoms with Gasteiger partial charge in [-0.25, -0.2) is 0 Å². The predicted octanol–water partition coefficient (Wildman–Crippen LogP) is 10.9. The number of aromatic nitrogens is 2. The van der Waals surface area contributed by atoms with Crippen molar-refractivity contribution in [3.05, 3.63) is 192 Å². The lowest BCUT2D eigenvalue weighted by atomic mass is 9.62. The van der Waals surface area contributed by atoms with Crippen LogP contribution in [-0.2, 0) is 5.41 Å². The van der Waals surface area contributed by atoms with Crippen LogP contribution >= 0.6 is 0 Å². The summed E-state index contributed by atoms with van der Waals surface area (Å²) in [5.41, 5.74) is 10.9. The molecule has 48 heavy (non-hydrogen) atoms. The lowest BCUT2D eigenvalue weighted by Gasteiger charge is -2.43. The van der Waals surface area contributed by atoms with Gasteiger partial charge in [-0.1, -0.05) is 140 Å². The van der Waals surface area contributed by atoms with E-state index in [0.717, 1.165) is 45.1 Å². The molecule has 3 atom stereocenters. The lowest BCUT2D eigenvalue weighted by molar-refractivity contribution is 0.374. The highest BCUT2D eigenvalue weighted by atomic mass is 16.5. The van der Waals surface area contributed by atoms with Crippen LogP contribution in [0, 0.1) is 5.92 Å². The van der Waals surface area contributed by atoms with Crippen molar-refractivity contribution < 1.29 is 4.74 Å². The number of hydrogen-bond donors (Lipinski definition) is 0. The number of fused-ring (bicyclic) bond motifs is 10. The Balaban J connectivity index is 1.06. The van der Waals surface area contributed by atoms with Gasteiger partial charge in [0.05, 0.1) is 16.8 Å². The molecule has 3 nitrogen and oxygen atoms in total. The fourth-order valence-corrected chi connectivity index (χ4v) is 8.49. The van der Waals surface area contributed by atoms with Crippen molar-refractivity contribution in [2.75, 3.05) is 0 Å². The van der Waals surface area contributed by atoms with E-state index >= 15 is 0 Å². The summed E-state index contributed by atoms with van der Waals surface area (Å²) in [5.74, 6) is 2.41. The first-order chi connectivity index (χ1) is 23.8. The maximum absolute atomic E-state index is 6.76. The largest absolute Gasteiger partial charge is 0.457 e. The Kier molecular flexibility index (Phi) is 5.91. The minimum Gasteiger partial charge on any atom is -0.457 e. The van der Waals surface area contributed by atoms with E-state index in [9.17, 15) is 0 Å². The molecule has 1 spiro atoms. The summed E-state index contributed by atoms with van der Waals surface area (Å²) in [6.45, 7) is 0. The average molecular weight is 615 g/mol. The Hall–Kier alpha value is -6.06. The van der Waals surface area contributed by atoms with E-state index in [-0.39, 0.29) is 11.3 Å². The van der Waals surface area contributed by atoms with Gasteiger partial charge in [0.15, 0.2) is 0 Å². The van der Waals surface area contributed by atoms with Gasteiger partial charge in [-0.2, -0.15) is 0 Å². The maximum atomic E-state index is 6.76. The van der Waals surface area contributed by atoms with Crippen molar-refractivity contribution in [1.29, 1.82) is 0 Å². The highest BCUT2D eigenvalue weighted by Crippen LogP contribution is 2.64. The van der Waals surface area contributed by atoms with Crippen molar-refractivity contribution in [2.24, 2.45) is 5.92 Å². The number of hydrogen-bond acceptors (Lipinski definition) is 3. The van der Waals surface area contributed by atoms with E-state index in [0.29, 0.717) is 5.92 Å². The van der Waals surface area contributed by atoms with Crippen LogP contribution in [0.3, 0.4) is 0 Å². The van der Waals surface area contributed by atoms with E-state index in [1.165, 1.54) is 33.0 Å². The van der Waals surface area contributed by atoms with Gasteiger partial charge in [-0.15, -0.1) is 10.2 Å². The zero-order valence-corrected chi connectivity index (χ0v) is 26.1. The second-order valence-corrected chi connectivity index (χ2v) is 12.9. The molecule has 226 valence electrons. The molecule has 0 amide bonds. The number of benzene rings is 6. The molecule has 7 aromatic rings. The number of rotatable bonds is 3. The Labute approximate surface area is 279 Å². The molecule has 3 aliphatic rings. The third-order valence-corrected chi connectivity index (χ3v) is 10.5. The van der Waals surface area contributed by atoms with Gasteiger partial charge in [0, 0.05) is 34.1 Å². The molecule has 0 saturated heterocycles. The topological polar surface area (TPSA) is 35.0 Å². The first kappa shape index (κ1) is 27.1. The molecule has 3 heteroatoms. The second-order valence-electron chi connectivity index (χ2n) is 12.9. The molecule has 2 heterocycles. The molecule has 0 N–H and O–H groups in total. The average Bonchev–Trinajstić information content (AvgIpc) is 3.45. The third kappa shape index (κ3) is 3.88. The Morgan fingerprint density at radius 3 is 2.15 bits per heavy atom. The third-order valence-electron chi connectivity index (χ3n) is 10.5. The summed E-state index contributed by atoms with van der Waals surface area (Å²) in [6.07, 6.45) is 9.18. The molecule has 1 aliphatic heterocycles. The van der Waals surface area contributed by atoms with Crippen LogP contribution in [0.25, 0.3) is 44.4 Å². The Morgan fingerprint density at radius 1 is 0.500 bits per heavy atom. The number of para-hydroxylation sites is 1. The zero-order valence-electron chi connectivity index (χ0n) is 26.1. The molecule has 0 bridgehead atoms. The quantitative estimate of drug-likeness (QED) is 0.199. The fraction of sp³-hybridized carbons (Fsp3) is 0.0667. The molecule has 0 saturated carbocycles. The first-order valence-corrected chi connectivity index (χ1v) is 16.6. The normalized spacial score (nSPS) is 19.8. The van der Waals surface area contributed by atoms with Gasteiger partial charge in [-0.05, 0) is 63.4 Å². The van der Waals surface area contributed by atoms with Crippen molar-refractivity contribution in [3.8, 4) is 45.1 Å². The van der Waals surface area contributed by atoms with Gasteiger partial charge >= 0.3 is 0 Å². The summed E-state index contributed by atoms with van der Waals surface area (Å²) in [5, 5.41) is 11.7. The van der Waals surface area contributed by atoms with Gasteiger partial charge in [0.25, 0.3) is 0 Å². The SMILES string of the molecule is C1=CC2c3ccccc3C3(c4ccccc4Oc4cc(-c5cccc(-c6ccc(-c7cccc8ccccc78)nn6)c5)ccc43)C2C=C1. The summed E-state index contributed by atoms with van der Waals surface area (Å²) in [6, 6.07) is 51.8.